The zero-order valence-electron chi connectivity index (χ0n) is 14.0. The van der Waals surface area contributed by atoms with Crippen molar-refractivity contribution < 1.29 is 22.7 Å². The second kappa shape index (κ2) is 8.46. The molecule has 1 aromatic rings. The number of benzene rings is 1. The number of nitrogens with one attached hydrogen (secondary N) is 1. The lowest BCUT2D eigenvalue weighted by molar-refractivity contribution is -0.130. The van der Waals surface area contributed by atoms with Gasteiger partial charge >= 0.3 is 0 Å². The zero-order valence-corrected chi connectivity index (χ0v) is 14.8. The molecule has 1 heterocycles. The largest absolute Gasteiger partial charge is 0.497 e. The predicted molar refractivity (Wildman–Crippen MR) is 90.2 cm³/mol. The fraction of sp³-hybridized carbons (Fsp3) is 0.562. The molecule has 1 N–H and O–H groups in total. The standard InChI is InChI=1S/C16H24N2O5S/c1-22-14-7-5-13(6-8-14)12-18(24(2,20)21)10-9-17-16(19)15-4-3-11-23-15/h5-8,15H,3-4,9-12H2,1-2H3,(H,17,19). The second-order valence-electron chi connectivity index (χ2n) is 5.74. The summed E-state index contributed by atoms with van der Waals surface area (Å²) >= 11 is 0. The Morgan fingerprint density at radius 2 is 2.08 bits per heavy atom. The van der Waals surface area contributed by atoms with Crippen molar-refractivity contribution in [2.45, 2.75) is 25.5 Å². The van der Waals surface area contributed by atoms with Crippen LogP contribution in [0.3, 0.4) is 0 Å². The summed E-state index contributed by atoms with van der Waals surface area (Å²) in [4.78, 5) is 11.9. The number of nitrogens with zero attached hydrogens (tertiary/aromatic N) is 1. The van der Waals surface area contributed by atoms with E-state index in [9.17, 15) is 13.2 Å². The molecular formula is C16H24N2O5S. The summed E-state index contributed by atoms with van der Waals surface area (Å²) in [6, 6.07) is 7.22. The van der Waals surface area contributed by atoms with Crippen molar-refractivity contribution in [3.63, 3.8) is 0 Å². The lowest BCUT2D eigenvalue weighted by Crippen LogP contribution is -2.41. The molecule has 1 aromatic carbocycles. The molecule has 8 heteroatoms. The van der Waals surface area contributed by atoms with Crippen LogP contribution in [0.4, 0.5) is 0 Å². The van der Waals surface area contributed by atoms with Crippen molar-refractivity contribution in [2.24, 2.45) is 0 Å². The summed E-state index contributed by atoms with van der Waals surface area (Å²) < 4.78 is 35.6. The van der Waals surface area contributed by atoms with Crippen LogP contribution in [0.15, 0.2) is 24.3 Å². The van der Waals surface area contributed by atoms with E-state index in [4.69, 9.17) is 9.47 Å². The van der Waals surface area contributed by atoms with E-state index in [-0.39, 0.29) is 25.5 Å². The van der Waals surface area contributed by atoms with E-state index < -0.39 is 16.1 Å². The maximum absolute atomic E-state index is 12.0. The van der Waals surface area contributed by atoms with Gasteiger partial charge in [-0.05, 0) is 30.5 Å². The normalized spacial score (nSPS) is 17.9. The Bertz CT molecular complexity index is 639. The number of hydrogen-bond donors (Lipinski definition) is 1. The lowest BCUT2D eigenvalue weighted by Gasteiger charge is -2.21. The first-order chi connectivity index (χ1) is 11.4. The van der Waals surface area contributed by atoms with Crippen LogP contribution < -0.4 is 10.1 Å². The van der Waals surface area contributed by atoms with Crippen LogP contribution in [-0.2, 0) is 26.1 Å². The summed E-state index contributed by atoms with van der Waals surface area (Å²) in [5, 5.41) is 2.74. The topological polar surface area (TPSA) is 84.9 Å². The molecule has 1 saturated heterocycles. The van der Waals surface area contributed by atoms with Gasteiger partial charge in [0.25, 0.3) is 0 Å². The van der Waals surface area contributed by atoms with Crippen LogP contribution in [0.5, 0.6) is 5.75 Å². The maximum atomic E-state index is 12.0. The molecule has 0 spiro atoms. The van der Waals surface area contributed by atoms with E-state index in [1.54, 1.807) is 19.2 Å². The number of ether oxygens (including phenoxy) is 2. The molecule has 24 heavy (non-hydrogen) atoms. The third-order valence-corrected chi connectivity index (χ3v) is 5.12. The van der Waals surface area contributed by atoms with Gasteiger partial charge in [0.05, 0.1) is 13.4 Å². The summed E-state index contributed by atoms with van der Waals surface area (Å²) in [5.41, 5.74) is 0.853. The van der Waals surface area contributed by atoms with Crippen molar-refractivity contribution in [1.82, 2.24) is 9.62 Å². The minimum Gasteiger partial charge on any atom is -0.497 e. The molecule has 0 saturated carbocycles. The zero-order chi connectivity index (χ0) is 17.6. The lowest BCUT2D eigenvalue weighted by atomic mass is 10.2. The van der Waals surface area contributed by atoms with E-state index in [0.717, 1.165) is 12.0 Å². The van der Waals surface area contributed by atoms with Crippen molar-refractivity contribution in [3.05, 3.63) is 29.8 Å². The minimum absolute atomic E-state index is 0.176. The molecule has 2 rings (SSSR count). The van der Waals surface area contributed by atoms with Crippen LogP contribution in [-0.4, -0.2) is 57.8 Å². The summed E-state index contributed by atoms with van der Waals surface area (Å²) in [6.07, 6.45) is 2.36. The van der Waals surface area contributed by atoms with E-state index in [0.29, 0.717) is 18.8 Å². The van der Waals surface area contributed by atoms with E-state index in [1.165, 1.54) is 10.6 Å². The van der Waals surface area contributed by atoms with Gasteiger partial charge in [0.2, 0.25) is 15.9 Å². The van der Waals surface area contributed by atoms with E-state index in [1.807, 2.05) is 12.1 Å². The Kier molecular flexibility index (Phi) is 6.59. The van der Waals surface area contributed by atoms with Crippen LogP contribution >= 0.6 is 0 Å². The van der Waals surface area contributed by atoms with Gasteiger partial charge in [-0.15, -0.1) is 0 Å². The van der Waals surface area contributed by atoms with Gasteiger partial charge in [-0.1, -0.05) is 12.1 Å². The summed E-state index contributed by atoms with van der Waals surface area (Å²) in [7, 11) is -1.80. The second-order valence-corrected chi connectivity index (χ2v) is 7.72. The van der Waals surface area contributed by atoms with Crippen LogP contribution in [0.1, 0.15) is 18.4 Å². The predicted octanol–water partition coefficient (Wildman–Crippen LogP) is 0.752. The molecule has 134 valence electrons. The fourth-order valence-corrected chi connectivity index (χ4v) is 3.31. The molecule has 7 nitrogen and oxygen atoms in total. The molecular weight excluding hydrogens is 332 g/mol. The van der Waals surface area contributed by atoms with Crippen LogP contribution in [0.25, 0.3) is 0 Å². The smallest absolute Gasteiger partial charge is 0.249 e. The molecule has 0 radical (unpaired) electrons. The van der Waals surface area contributed by atoms with Gasteiger partial charge in [0.1, 0.15) is 11.9 Å². The first-order valence-electron chi connectivity index (χ1n) is 7.87. The average Bonchev–Trinajstić information content (AvgIpc) is 3.08. The SMILES string of the molecule is COc1ccc(CN(CCNC(=O)C2CCCO2)S(C)(=O)=O)cc1. The van der Waals surface area contributed by atoms with Gasteiger partial charge in [0, 0.05) is 26.2 Å². The quantitative estimate of drug-likeness (QED) is 0.743. The molecule has 0 bridgehead atoms. The Balaban J connectivity index is 1.89. The first-order valence-corrected chi connectivity index (χ1v) is 9.72. The highest BCUT2D eigenvalue weighted by Gasteiger charge is 2.24. The number of carbonyl (C=O) groups excluding carboxylic acids is 1. The Labute approximate surface area is 143 Å². The highest BCUT2D eigenvalue weighted by Crippen LogP contribution is 2.14. The molecule has 1 unspecified atom stereocenters. The molecule has 1 aliphatic rings. The number of carbonyl (C=O) groups is 1. The summed E-state index contributed by atoms with van der Waals surface area (Å²) in [6.45, 7) is 1.31. The molecule has 1 aliphatic heterocycles. The third-order valence-electron chi connectivity index (χ3n) is 3.87. The van der Waals surface area contributed by atoms with Crippen molar-refractivity contribution >= 4 is 15.9 Å². The molecule has 1 fully saturated rings. The molecule has 1 atom stereocenters. The highest BCUT2D eigenvalue weighted by atomic mass is 32.2. The number of sulfonamides is 1. The summed E-state index contributed by atoms with van der Waals surface area (Å²) in [5.74, 6) is 0.541. The monoisotopic (exact) mass is 356 g/mol. The van der Waals surface area contributed by atoms with Gasteiger partial charge in [-0.3, -0.25) is 4.79 Å². The van der Waals surface area contributed by atoms with Gasteiger partial charge in [-0.25, -0.2) is 8.42 Å². The van der Waals surface area contributed by atoms with Crippen molar-refractivity contribution in [1.29, 1.82) is 0 Å². The first kappa shape index (κ1) is 18.7. The Morgan fingerprint density at radius 1 is 1.38 bits per heavy atom. The van der Waals surface area contributed by atoms with Crippen LogP contribution in [0, 0.1) is 0 Å². The number of amides is 1. The number of methoxy groups -OCH3 is 1. The van der Waals surface area contributed by atoms with Gasteiger partial charge in [-0.2, -0.15) is 4.31 Å². The van der Waals surface area contributed by atoms with Crippen molar-refractivity contribution in [2.75, 3.05) is 33.1 Å². The third kappa shape index (κ3) is 5.47. The van der Waals surface area contributed by atoms with Gasteiger partial charge < -0.3 is 14.8 Å². The maximum Gasteiger partial charge on any atom is 0.249 e. The minimum atomic E-state index is -3.38. The Morgan fingerprint density at radius 3 is 2.62 bits per heavy atom. The number of rotatable bonds is 8. The van der Waals surface area contributed by atoms with Gasteiger partial charge in [0.15, 0.2) is 0 Å². The van der Waals surface area contributed by atoms with E-state index >= 15 is 0 Å². The van der Waals surface area contributed by atoms with E-state index in [2.05, 4.69) is 5.32 Å². The van der Waals surface area contributed by atoms with Crippen molar-refractivity contribution in [3.8, 4) is 5.75 Å². The molecule has 0 aliphatic carbocycles. The van der Waals surface area contributed by atoms with Crippen LogP contribution in [0.2, 0.25) is 0 Å². The fourth-order valence-electron chi connectivity index (χ4n) is 2.50. The molecule has 0 aromatic heterocycles. The highest BCUT2D eigenvalue weighted by molar-refractivity contribution is 7.88. The number of hydrogen-bond acceptors (Lipinski definition) is 5. The average molecular weight is 356 g/mol. The molecule has 1 amide bonds. The Hall–Kier alpha value is -1.64.